The Morgan fingerprint density at radius 2 is 1.95 bits per heavy atom. The highest BCUT2D eigenvalue weighted by atomic mass is 19.1. The van der Waals surface area contributed by atoms with Gasteiger partial charge in [-0.05, 0) is 42.8 Å². The molecule has 1 unspecified atom stereocenters. The number of aromatic nitrogens is 1. The summed E-state index contributed by atoms with van der Waals surface area (Å²) < 4.78 is 13.8. The van der Waals surface area contributed by atoms with Crippen molar-refractivity contribution in [2.24, 2.45) is 0 Å². The van der Waals surface area contributed by atoms with Crippen molar-refractivity contribution < 1.29 is 9.18 Å². The summed E-state index contributed by atoms with van der Waals surface area (Å²) in [5.41, 5.74) is 6.73. The standard InChI is InChI=1S/C15H16FN3O/c1-10(11-5-7-18-8-6-11)19(2)15(20)13-4-3-12(17)9-14(13)16/h3-10H,17H2,1-2H3. The van der Waals surface area contributed by atoms with Crippen LogP contribution < -0.4 is 5.73 Å². The number of benzene rings is 1. The summed E-state index contributed by atoms with van der Waals surface area (Å²) >= 11 is 0. The molecule has 5 heteroatoms. The van der Waals surface area contributed by atoms with E-state index < -0.39 is 5.82 Å². The van der Waals surface area contributed by atoms with E-state index in [0.29, 0.717) is 5.69 Å². The van der Waals surface area contributed by atoms with Gasteiger partial charge in [-0.15, -0.1) is 0 Å². The van der Waals surface area contributed by atoms with E-state index in [1.54, 1.807) is 19.4 Å². The first kappa shape index (κ1) is 14.0. The molecule has 1 heterocycles. The highest BCUT2D eigenvalue weighted by Crippen LogP contribution is 2.21. The molecular weight excluding hydrogens is 257 g/mol. The number of nitrogen functional groups attached to an aromatic ring is 1. The molecule has 104 valence electrons. The fraction of sp³-hybridized carbons (Fsp3) is 0.200. The molecule has 2 aromatic rings. The molecule has 0 fully saturated rings. The van der Waals surface area contributed by atoms with Crippen molar-refractivity contribution in [2.75, 3.05) is 12.8 Å². The van der Waals surface area contributed by atoms with Gasteiger partial charge in [0.1, 0.15) is 5.82 Å². The van der Waals surface area contributed by atoms with Gasteiger partial charge in [0.15, 0.2) is 0 Å². The molecule has 1 amide bonds. The Morgan fingerprint density at radius 1 is 1.30 bits per heavy atom. The van der Waals surface area contributed by atoms with Gasteiger partial charge < -0.3 is 10.6 Å². The second-order valence-corrected chi connectivity index (χ2v) is 4.61. The van der Waals surface area contributed by atoms with E-state index in [9.17, 15) is 9.18 Å². The fourth-order valence-corrected chi connectivity index (χ4v) is 1.94. The lowest BCUT2D eigenvalue weighted by molar-refractivity contribution is 0.0738. The van der Waals surface area contributed by atoms with Crippen molar-refractivity contribution in [3.63, 3.8) is 0 Å². The molecule has 0 aliphatic rings. The molecule has 2 rings (SSSR count). The van der Waals surface area contributed by atoms with Crippen LogP contribution in [0.25, 0.3) is 0 Å². The third-order valence-corrected chi connectivity index (χ3v) is 3.31. The van der Waals surface area contributed by atoms with Crippen molar-refractivity contribution in [3.8, 4) is 0 Å². The van der Waals surface area contributed by atoms with Gasteiger partial charge in [-0.1, -0.05) is 0 Å². The van der Waals surface area contributed by atoms with E-state index in [-0.39, 0.29) is 17.5 Å². The van der Waals surface area contributed by atoms with Crippen LogP contribution in [0.3, 0.4) is 0 Å². The van der Waals surface area contributed by atoms with Crippen LogP contribution in [0.4, 0.5) is 10.1 Å². The summed E-state index contributed by atoms with van der Waals surface area (Å²) in [4.78, 5) is 17.7. The number of pyridine rings is 1. The number of nitrogens with zero attached hydrogens (tertiary/aromatic N) is 2. The first-order valence-corrected chi connectivity index (χ1v) is 6.23. The molecule has 0 spiro atoms. The molecule has 20 heavy (non-hydrogen) atoms. The highest BCUT2D eigenvalue weighted by molar-refractivity contribution is 5.94. The van der Waals surface area contributed by atoms with Gasteiger partial charge in [0.25, 0.3) is 5.91 Å². The van der Waals surface area contributed by atoms with E-state index in [2.05, 4.69) is 4.98 Å². The molecule has 4 nitrogen and oxygen atoms in total. The van der Waals surface area contributed by atoms with Gasteiger partial charge >= 0.3 is 0 Å². The summed E-state index contributed by atoms with van der Waals surface area (Å²) in [6.45, 7) is 1.88. The van der Waals surface area contributed by atoms with Gasteiger partial charge in [-0.2, -0.15) is 0 Å². The van der Waals surface area contributed by atoms with Crippen molar-refractivity contribution >= 4 is 11.6 Å². The number of amides is 1. The number of hydrogen-bond donors (Lipinski definition) is 1. The van der Waals surface area contributed by atoms with E-state index >= 15 is 0 Å². The molecule has 1 aromatic carbocycles. The van der Waals surface area contributed by atoms with E-state index in [4.69, 9.17) is 5.73 Å². The zero-order chi connectivity index (χ0) is 14.7. The lowest BCUT2D eigenvalue weighted by Crippen LogP contribution is -2.30. The second kappa shape index (κ2) is 5.69. The Hall–Kier alpha value is -2.43. The Bertz CT molecular complexity index is 616. The van der Waals surface area contributed by atoms with Crippen LogP contribution in [-0.4, -0.2) is 22.8 Å². The Morgan fingerprint density at radius 3 is 2.55 bits per heavy atom. The molecule has 0 saturated heterocycles. The first-order valence-electron chi connectivity index (χ1n) is 6.23. The molecule has 0 saturated carbocycles. The lowest BCUT2D eigenvalue weighted by atomic mass is 10.1. The third-order valence-electron chi connectivity index (χ3n) is 3.31. The van der Waals surface area contributed by atoms with Gasteiger partial charge in [0, 0.05) is 25.1 Å². The van der Waals surface area contributed by atoms with E-state index in [1.807, 2.05) is 19.1 Å². The van der Waals surface area contributed by atoms with Gasteiger partial charge in [0.2, 0.25) is 0 Å². The van der Waals surface area contributed by atoms with Crippen LogP contribution in [0.2, 0.25) is 0 Å². The summed E-state index contributed by atoms with van der Waals surface area (Å²) in [6, 6.07) is 7.55. The van der Waals surface area contributed by atoms with Crippen molar-refractivity contribution in [1.82, 2.24) is 9.88 Å². The van der Waals surface area contributed by atoms with Crippen LogP contribution in [0, 0.1) is 5.82 Å². The quantitative estimate of drug-likeness (QED) is 0.874. The SMILES string of the molecule is CC(c1ccncc1)N(C)C(=O)c1ccc(N)cc1F. The van der Waals surface area contributed by atoms with Crippen molar-refractivity contribution in [1.29, 1.82) is 0 Å². The largest absolute Gasteiger partial charge is 0.399 e. The number of rotatable bonds is 3. The number of anilines is 1. The minimum Gasteiger partial charge on any atom is -0.399 e. The maximum atomic E-state index is 13.8. The van der Waals surface area contributed by atoms with Crippen LogP contribution in [0.1, 0.15) is 28.9 Å². The molecular formula is C15H16FN3O. The first-order chi connectivity index (χ1) is 9.50. The van der Waals surface area contributed by atoms with Gasteiger partial charge in [-0.25, -0.2) is 4.39 Å². The number of carbonyl (C=O) groups excluding carboxylic acids is 1. The predicted octanol–water partition coefficient (Wildman–Crippen LogP) is 2.64. The van der Waals surface area contributed by atoms with Crippen molar-refractivity contribution in [2.45, 2.75) is 13.0 Å². The topological polar surface area (TPSA) is 59.2 Å². The lowest BCUT2D eigenvalue weighted by Gasteiger charge is -2.25. The molecule has 0 aliphatic carbocycles. The number of hydrogen-bond acceptors (Lipinski definition) is 3. The summed E-state index contributed by atoms with van der Waals surface area (Å²) in [5, 5.41) is 0. The molecule has 2 N–H and O–H groups in total. The molecule has 0 bridgehead atoms. The minimum atomic E-state index is -0.608. The van der Waals surface area contributed by atoms with Crippen LogP contribution in [-0.2, 0) is 0 Å². The minimum absolute atomic E-state index is 0.0163. The molecule has 0 radical (unpaired) electrons. The monoisotopic (exact) mass is 273 g/mol. The second-order valence-electron chi connectivity index (χ2n) is 4.61. The number of halogens is 1. The van der Waals surface area contributed by atoms with E-state index in [1.165, 1.54) is 17.0 Å². The summed E-state index contributed by atoms with van der Waals surface area (Å²) in [7, 11) is 1.64. The molecule has 1 atom stereocenters. The average Bonchev–Trinajstić information content (AvgIpc) is 2.46. The Balaban J connectivity index is 2.24. The number of nitrogens with two attached hydrogens (primary N) is 1. The molecule has 1 aromatic heterocycles. The smallest absolute Gasteiger partial charge is 0.257 e. The Kier molecular flexibility index (Phi) is 3.98. The maximum Gasteiger partial charge on any atom is 0.257 e. The van der Waals surface area contributed by atoms with Crippen LogP contribution in [0.15, 0.2) is 42.7 Å². The summed E-state index contributed by atoms with van der Waals surface area (Å²) in [5.74, 6) is -0.990. The van der Waals surface area contributed by atoms with Gasteiger partial charge in [0.05, 0.1) is 11.6 Å². The average molecular weight is 273 g/mol. The van der Waals surface area contributed by atoms with Crippen LogP contribution >= 0.6 is 0 Å². The Labute approximate surface area is 117 Å². The molecule has 0 aliphatic heterocycles. The maximum absolute atomic E-state index is 13.8. The van der Waals surface area contributed by atoms with Gasteiger partial charge in [-0.3, -0.25) is 9.78 Å². The number of carbonyl (C=O) groups is 1. The zero-order valence-corrected chi connectivity index (χ0v) is 11.4. The predicted molar refractivity (Wildman–Crippen MR) is 75.6 cm³/mol. The fourth-order valence-electron chi connectivity index (χ4n) is 1.94. The normalized spacial score (nSPS) is 11.9. The van der Waals surface area contributed by atoms with Crippen LogP contribution in [0.5, 0.6) is 0 Å². The van der Waals surface area contributed by atoms with E-state index in [0.717, 1.165) is 11.6 Å². The summed E-state index contributed by atoms with van der Waals surface area (Å²) in [6.07, 6.45) is 3.32. The third kappa shape index (κ3) is 2.77. The van der Waals surface area contributed by atoms with Crippen molar-refractivity contribution in [3.05, 3.63) is 59.7 Å². The highest BCUT2D eigenvalue weighted by Gasteiger charge is 2.21. The zero-order valence-electron chi connectivity index (χ0n) is 11.4.